The van der Waals surface area contributed by atoms with Gasteiger partial charge >= 0.3 is 0 Å². The minimum Gasteiger partial charge on any atom is -0.373 e. The lowest BCUT2D eigenvalue weighted by molar-refractivity contribution is 0.0187. The molecule has 1 heterocycles. The molecule has 1 aromatic carbocycles. The van der Waals surface area contributed by atoms with Crippen LogP contribution >= 0.6 is 31.9 Å². The SMILES string of the molecule is Brc1ccc([C@H]2C[C@H](Br)CCO2)cc1. The van der Waals surface area contributed by atoms with Gasteiger partial charge < -0.3 is 4.74 Å². The zero-order valence-corrected chi connectivity index (χ0v) is 10.9. The van der Waals surface area contributed by atoms with Crippen LogP contribution < -0.4 is 0 Å². The van der Waals surface area contributed by atoms with E-state index in [1.807, 2.05) is 0 Å². The molecule has 1 saturated heterocycles. The molecule has 2 rings (SSSR count). The lowest BCUT2D eigenvalue weighted by Crippen LogP contribution is -2.19. The molecular weight excluding hydrogens is 308 g/mol. The van der Waals surface area contributed by atoms with Crippen molar-refractivity contribution in [1.29, 1.82) is 0 Å². The number of ether oxygens (including phenoxy) is 1. The Labute approximate surface area is 101 Å². The van der Waals surface area contributed by atoms with E-state index in [0.717, 1.165) is 23.9 Å². The highest BCUT2D eigenvalue weighted by molar-refractivity contribution is 9.10. The largest absolute Gasteiger partial charge is 0.373 e. The van der Waals surface area contributed by atoms with Gasteiger partial charge in [0.1, 0.15) is 0 Å². The van der Waals surface area contributed by atoms with Crippen LogP contribution in [0.1, 0.15) is 24.5 Å². The summed E-state index contributed by atoms with van der Waals surface area (Å²) >= 11 is 7.08. The number of alkyl halides is 1. The second-order valence-corrected chi connectivity index (χ2v) is 5.74. The Bertz CT molecular complexity index is 297. The van der Waals surface area contributed by atoms with Crippen molar-refractivity contribution < 1.29 is 4.74 Å². The Balaban J connectivity index is 2.10. The maximum absolute atomic E-state index is 5.73. The summed E-state index contributed by atoms with van der Waals surface area (Å²) in [5.41, 5.74) is 1.28. The Morgan fingerprint density at radius 3 is 2.57 bits per heavy atom. The molecule has 0 amide bonds. The molecule has 0 N–H and O–H groups in total. The summed E-state index contributed by atoms with van der Waals surface area (Å²) in [6.07, 6.45) is 2.45. The van der Waals surface area contributed by atoms with E-state index in [-0.39, 0.29) is 6.10 Å². The molecule has 1 nitrogen and oxygen atoms in total. The molecule has 76 valence electrons. The normalized spacial score (nSPS) is 27.6. The number of halogens is 2. The van der Waals surface area contributed by atoms with E-state index in [2.05, 4.69) is 56.1 Å². The predicted octanol–water partition coefficient (Wildman–Crippen LogP) is 4.06. The highest BCUT2D eigenvalue weighted by atomic mass is 79.9. The average Bonchev–Trinajstić information content (AvgIpc) is 2.19. The molecule has 1 aromatic rings. The van der Waals surface area contributed by atoms with E-state index in [1.165, 1.54) is 5.56 Å². The van der Waals surface area contributed by atoms with Gasteiger partial charge in [0, 0.05) is 15.9 Å². The summed E-state index contributed by atoms with van der Waals surface area (Å²) in [5, 5.41) is 0. The van der Waals surface area contributed by atoms with Gasteiger partial charge in [-0.15, -0.1) is 0 Å². The van der Waals surface area contributed by atoms with Crippen LogP contribution in [0.3, 0.4) is 0 Å². The minimum absolute atomic E-state index is 0.265. The quantitative estimate of drug-likeness (QED) is 0.709. The van der Waals surface area contributed by atoms with Crippen LogP contribution in [-0.2, 0) is 4.74 Å². The molecule has 3 heteroatoms. The van der Waals surface area contributed by atoms with Crippen molar-refractivity contribution in [2.75, 3.05) is 6.61 Å². The molecule has 0 aromatic heterocycles. The Kier molecular flexibility index (Phi) is 3.63. The highest BCUT2D eigenvalue weighted by Gasteiger charge is 2.21. The second kappa shape index (κ2) is 4.77. The summed E-state index contributed by atoms with van der Waals surface area (Å²) in [5.74, 6) is 0. The van der Waals surface area contributed by atoms with E-state index < -0.39 is 0 Å². The van der Waals surface area contributed by atoms with Crippen LogP contribution in [0, 0.1) is 0 Å². The van der Waals surface area contributed by atoms with Crippen LogP contribution in [0.25, 0.3) is 0 Å². The topological polar surface area (TPSA) is 9.23 Å². The molecule has 0 saturated carbocycles. The van der Waals surface area contributed by atoms with E-state index >= 15 is 0 Å². The standard InChI is InChI=1S/C11H12Br2O/c12-9-3-1-8(2-4-9)11-7-10(13)5-6-14-11/h1-4,10-11H,5-7H2/t10-,11-/m1/s1. The first-order valence-corrected chi connectivity index (χ1v) is 6.48. The Morgan fingerprint density at radius 1 is 1.21 bits per heavy atom. The van der Waals surface area contributed by atoms with Crippen molar-refractivity contribution >= 4 is 31.9 Å². The van der Waals surface area contributed by atoms with Gasteiger partial charge in [-0.1, -0.05) is 44.0 Å². The molecular formula is C11H12Br2O. The third-order valence-electron chi connectivity index (χ3n) is 2.46. The van der Waals surface area contributed by atoms with Gasteiger partial charge in [0.05, 0.1) is 6.10 Å². The first kappa shape index (κ1) is 10.7. The predicted molar refractivity (Wildman–Crippen MR) is 64.8 cm³/mol. The van der Waals surface area contributed by atoms with Crippen LogP contribution in [-0.4, -0.2) is 11.4 Å². The summed E-state index contributed by atoms with van der Waals surface area (Å²) in [6, 6.07) is 8.38. The summed E-state index contributed by atoms with van der Waals surface area (Å²) in [6.45, 7) is 0.858. The smallest absolute Gasteiger partial charge is 0.0835 e. The van der Waals surface area contributed by atoms with Crippen LogP contribution in [0.15, 0.2) is 28.7 Å². The molecule has 0 aliphatic carbocycles. The number of benzene rings is 1. The molecule has 14 heavy (non-hydrogen) atoms. The van der Waals surface area contributed by atoms with E-state index in [4.69, 9.17) is 4.74 Å². The summed E-state index contributed by atoms with van der Waals surface area (Å²) in [4.78, 5) is 0.602. The fourth-order valence-electron chi connectivity index (χ4n) is 1.67. The second-order valence-electron chi connectivity index (χ2n) is 3.53. The Hall–Kier alpha value is 0.140. The van der Waals surface area contributed by atoms with Crippen molar-refractivity contribution in [2.24, 2.45) is 0 Å². The number of rotatable bonds is 1. The van der Waals surface area contributed by atoms with Gasteiger partial charge in [0.15, 0.2) is 0 Å². The lowest BCUT2D eigenvalue weighted by Gasteiger charge is -2.26. The first-order valence-electron chi connectivity index (χ1n) is 4.77. The van der Waals surface area contributed by atoms with Gasteiger partial charge in [-0.3, -0.25) is 0 Å². The molecule has 1 aliphatic heterocycles. The summed E-state index contributed by atoms with van der Waals surface area (Å²) in [7, 11) is 0. The fourth-order valence-corrected chi connectivity index (χ4v) is 2.46. The molecule has 2 atom stereocenters. The highest BCUT2D eigenvalue weighted by Crippen LogP contribution is 2.31. The van der Waals surface area contributed by atoms with E-state index in [0.29, 0.717) is 4.83 Å². The van der Waals surface area contributed by atoms with Crippen LogP contribution in [0.4, 0.5) is 0 Å². The van der Waals surface area contributed by atoms with Crippen LogP contribution in [0.5, 0.6) is 0 Å². The van der Waals surface area contributed by atoms with Crippen molar-refractivity contribution in [3.05, 3.63) is 34.3 Å². The number of hydrogen-bond donors (Lipinski definition) is 0. The average molecular weight is 320 g/mol. The fraction of sp³-hybridized carbons (Fsp3) is 0.455. The van der Waals surface area contributed by atoms with Crippen molar-refractivity contribution in [2.45, 2.75) is 23.8 Å². The van der Waals surface area contributed by atoms with Gasteiger partial charge in [0.2, 0.25) is 0 Å². The summed E-state index contributed by atoms with van der Waals surface area (Å²) < 4.78 is 6.85. The van der Waals surface area contributed by atoms with E-state index in [9.17, 15) is 0 Å². The van der Waals surface area contributed by atoms with Gasteiger partial charge in [-0.2, -0.15) is 0 Å². The molecule has 1 aliphatic rings. The molecule has 0 radical (unpaired) electrons. The minimum atomic E-state index is 0.265. The molecule has 0 unspecified atom stereocenters. The van der Waals surface area contributed by atoms with E-state index in [1.54, 1.807) is 0 Å². The zero-order chi connectivity index (χ0) is 9.97. The monoisotopic (exact) mass is 318 g/mol. The third kappa shape index (κ3) is 2.59. The maximum atomic E-state index is 5.73. The molecule has 1 fully saturated rings. The lowest BCUT2D eigenvalue weighted by atomic mass is 10.0. The maximum Gasteiger partial charge on any atom is 0.0835 e. The first-order chi connectivity index (χ1) is 6.75. The van der Waals surface area contributed by atoms with Gasteiger partial charge in [0.25, 0.3) is 0 Å². The van der Waals surface area contributed by atoms with Crippen LogP contribution in [0.2, 0.25) is 0 Å². The number of hydrogen-bond acceptors (Lipinski definition) is 1. The molecule has 0 spiro atoms. The zero-order valence-electron chi connectivity index (χ0n) is 7.75. The Morgan fingerprint density at radius 2 is 1.93 bits per heavy atom. The van der Waals surface area contributed by atoms with Crippen molar-refractivity contribution in [3.8, 4) is 0 Å². The van der Waals surface area contributed by atoms with Gasteiger partial charge in [-0.05, 0) is 30.5 Å². The van der Waals surface area contributed by atoms with Crippen molar-refractivity contribution in [1.82, 2.24) is 0 Å². The molecule has 0 bridgehead atoms. The van der Waals surface area contributed by atoms with Crippen molar-refractivity contribution in [3.63, 3.8) is 0 Å². The third-order valence-corrected chi connectivity index (χ3v) is 3.82. The van der Waals surface area contributed by atoms with Gasteiger partial charge in [-0.25, -0.2) is 0 Å².